The zero-order chi connectivity index (χ0) is 16.5. The van der Waals surface area contributed by atoms with Gasteiger partial charge in [-0.3, -0.25) is 4.79 Å². The molecule has 1 aliphatic rings. The van der Waals surface area contributed by atoms with E-state index in [1.807, 2.05) is 49.4 Å². The van der Waals surface area contributed by atoms with Gasteiger partial charge in [-0.1, -0.05) is 24.3 Å². The fraction of sp³-hybridized carbons (Fsp3) is 0.278. The van der Waals surface area contributed by atoms with E-state index < -0.39 is 0 Å². The molecule has 0 unspecified atom stereocenters. The topological polar surface area (TPSA) is 70.6 Å². The molecule has 0 aliphatic heterocycles. The lowest BCUT2D eigenvalue weighted by Gasteiger charge is -2.15. The first-order valence-corrected chi connectivity index (χ1v) is 7.75. The number of carbonyl (C=O) groups excluding carboxylic acids is 2. The monoisotopic (exact) mass is 311 g/mol. The number of rotatable bonds is 7. The number of para-hydroxylation sites is 2. The Morgan fingerprint density at radius 3 is 2.96 bits per heavy atom. The Labute approximate surface area is 136 Å². The molecular weight excluding hydrogens is 290 g/mol. The molecule has 0 fully saturated rings. The van der Waals surface area contributed by atoms with Crippen molar-refractivity contribution < 1.29 is 9.59 Å². The maximum atomic E-state index is 11.8. The third-order valence-corrected chi connectivity index (χ3v) is 3.31. The third kappa shape index (κ3) is 4.92. The molecule has 2 rings (SSSR count). The number of carbonyl (C=O) groups is 2. The highest BCUT2D eigenvalue weighted by Gasteiger charge is 2.13. The van der Waals surface area contributed by atoms with Crippen molar-refractivity contribution in [3.05, 3.63) is 48.2 Å². The lowest BCUT2D eigenvalue weighted by molar-refractivity contribution is -0.121. The molecule has 120 valence electrons. The van der Waals surface area contributed by atoms with E-state index in [0.717, 1.165) is 29.9 Å². The molecule has 1 aliphatic carbocycles. The van der Waals surface area contributed by atoms with E-state index in [4.69, 9.17) is 4.99 Å². The highest BCUT2D eigenvalue weighted by molar-refractivity contribution is 6.06. The summed E-state index contributed by atoms with van der Waals surface area (Å²) in [4.78, 5) is 26.9. The third-order valence-electron chi connectivity index (χ3n) is 3.31. The first-order valence-electron chi connectivity index (χ1n) is 7.75. The highest BCUT2D eigenvalue weighted by atomic mass is 16.1. The van der Waals surface area contributed by atoms with Crippen LogP contribution in [0.5, 0.6) is 0 Å². The van der Waals surface area contributed by atoms with E-state index in [9.17, 15) is 9.59 Å². The zero-order valence-electron chi connectivity index (χ0n) is 13.2. The van der Waals surface area contributed by atoms with Crippen LogP contribution >= 0.6 is 0 Å². The van der Waals surface area contributed by atoms with Crippen LogP contribution in [-0.2, 0) is 9.59 Å². The van der Waals surface area contributed by atoms with Crippen LogP contribution in [0.1, 0.15) is 26.2 Å². The summed E-state index contributed by atoms with van der Waals surface area (Å²) in [5.41, 5.74) is 3.29. The van der Waals surface area contributed by atoms with Gasteiger partial charge in [-0.25, -0.2) is 4.99 Å². The molecule has 0 saturated heterocycles. The predicted octanol–water partition coefficient (Wildman–Crippen LogP) is 3.13. The first-order chi connectivity index (χ1) is 11.2. The van der Waals surface area contributed by atoms with Crippen LogP contribution < -0.4 is 10.6 Å². The molecule has 23 heavy (non-hydrogen) atoms. The average Bonchev–Trinajstić information content (AvgIpc) is 2.57. The quantitative estimate of drug-likeness (QED) is 0.760. The SMILES string of the molecule is CCNc1ccccc1N=C1CC=CC=C1NC(=O)CCC=O. The van der Waals surface area contributed by atoms with E-state index in [1.165, 1.54) is 0 Å². The Morgan fingerprint density at radius 1 is 1.35 bits per heavy atom. The second kappa shape index (κ2) is 8.68. The van der Waals surface area contributed by atoms with Gasteiger partial charge in [-0.15, -0.1) is 0 Å². The van der Waals surface area contributed by atoms with Crippen molar-refractivity contribution in [2.24, 2.45) is 4.99 Å². The van der Waals surface area contributed by atoms with Gasteiger partial charge in [0.15, 0.2) is 0 Å². The predicted molar refractivity (Wildman–Crippen MR) is 93.0 cm³/mol. The number of amides is 1. The number of allylic oxidation sites excluding steroid dienone is 4. The molecule has 2 N–H and O–H groups in total. The number of hydrogen-bond acceptors (Lipinski definition) is 4. The lowest BCUT2D eigenvalue weighted by atomic mass is 10.1. The van der Waals surface area contributed by atoms with Crippen LogP contribution in [0.25, 0.3) is 0 Å². The summed E-state index contributed by atoms with van der Waals surface area (Å²) in [7, 11) is 0. The van der Waals surface area contributed by atoms with Gasteiger partial charge in [0, 0.05) is 25.8 Å². The summed E-state index contributed by atoms with van der Waals surface area (Å²) < 4.78 is 0. The fourth-order valence-electron chi connectivity index (χ4n) is 2.23. The molecule has 0 saturated carbocycles. The van der Waals surface area contributed by atoms with Crippen molar-refractivity contribution >= 4 is 29.3 Å². The van der Waals surface area contributed by atoms with Crippen molar-refractivity contribution in [1.29, 1.82) is 0 Å². The molecular formula is C18H21N3O2. The van der Waals surface area contributed by atoms with Gasteiger partial charge in [-0.2, -0.15) is 0 Å². The number of benzene rings is 1. The van der Waals surface area contributed by atoms with Crippen molar-refractivity contribution in [3.63, 3.8) is 0 Å². The maximum absolute atomic E-state index is 11.8. The number of anilines is 1. The van der Waals surface area contributed by atoms with E-state index in [1.54, 1.807) is 0 Å². The minimum Gasteiger partial charge on any atom is -0.384 e. The molecule has 5 heteroatoms. The van der Waals surface area contributed by atoms with Gasteiger partial charge in [0.2, 0.25) is 5.91 Å². The summed E-state index contributed by atoms with van der Waals surface area (Å²) in [6.45, 7) is 2.85. The molecule has 0 heterocycles. The largest absolute Gasteiger partial charge is 0.384 e. The van der Waals surface area contributed by atoms with Gasteiger partial charge in [-0.05, 0) is 25.1 Å². The molecule has 1 aromatic carbocycles. The normalized spacial score (nSPS) is 15.2. The summed E-state index contributed by atoms with van der Waals surface area (Å²) in [5, 5.41) is 6.11. The second-order valence-electron chi connectivity index (χ2n) is 5.07. The van der Waals surface area contributed by atoms with Crippen molar-refractivity contribution in [2.75, 3.05) is 11.9 Å². The smallest absolute Gasteiger partial charge is 0.224 e. The van der Waals surface area contributed by atoms with E-state index in [2.05, 4.69) is 10.6 Å². The number of aliphatic imine (C=N–C) groups is 1. The summed E-state index contributed by atoms with van der Waals surface area (Å²) >= 11 is 0. The molecule has 1 amide bonds. The number of nitrogens with zero attached hydrogens (tertiary/aromatic N) is 1. The van der Waals surface area contributed by atoms with Crippen LogP contribution in [-0.4, -0.2) is 24.4 Å². The Morgan fingerprint density at radius 2 is 2.17 bits per heavy atom. The molecule has 0 aromatic heterocycles. The summed E-state index contributed by atoms with van der Waals surface area (Å²) in [6, 6.07) is 7.81. The minimum atomic E-state index is -0.175. The Bertz CT molecular complexity index is 660. The van der Waals surface area contributed by atoms with Crippen molar-refractivity contribution in [3.8, 4) is 0 Å². The molecule has 1 aromatic rings. The van der Waals surface area contributed by atoms with Crippen LogP contribution in [0, 0.1) is 0 Å². The molecule has 0 atom stereocenters. The van der Waals surface area contributed by atoms with Gasteiger partial charge < -0.3 is 15.4 Å². The van der Waals surface area contributed by atoms with Gasteiger partial charge in [0.05, 0.1) is 22.8 Å². The molecule has 0 bridgehead atoms. The van der Waals surface area contributed by atoms with Crippen LogP contribution in [0.4, 0.5) is 11.4 Å². The fourth-order valence-corrected chi connectivity index (χ4v) is 2.23. The van der Waals surface area contributed by atoms with E-state index in [0.29, 0.717) is 12.1 Å². The van der Waals surface area contributed by atoms with Gasteiger partial charge in [0.25, 0.3) is 0 Å². The Hall–Kier alpha value is -2.69. The van der Waals surface area contributed by atoms with E-state index >= 15 is 0 Å². The van der Waals surface area contributed by atoms with Gasteiger partial charge >= 0.3 is 0 Å². The van der Waals surface area contributed by atoms with Crippen molar-refractivity contribution in [2.45, 2.75) is 26.2 Å². The Balaban J connectivity index is 2.20. The molecule has 0 radical (unpaired) electrons. The second-order valence-corrected chi connectivity index (χ2v) is 5.07. The maximum Gasteiger partial charge on any atom is 0.224 e. The average molecular weight is 311 g/mol. The van der Waals surface area contributed by atoms with Crippen LogP contribution in [0.3, 0.4) is 0 Å². The Kier molecular flexibility index (Phi) is 6.29. The molecule has 0 spiro atoms. The van der Waals surface area contributed by atoms with Crippen LogP contribution in [0.15, 0.2) is 53.2 Å². The van der Waals surface area contributed by atoms with Crippen LogP contribution in [0.2, 0.25) is 0 Å². The van der Waals surface area contributed by atoms with Gasteiger partial charge in [0.1, 0.15) is 6.29 Å². The standard InChI is InChI=1S/C18H21N3O2/c1-2-19-14-8-3-4-9-15(14)20-16-10-5-6-11-17(16)21-18(23)12-7-13-22/h3-6,8-9,11,13,19H,2,7,10,12H2,1H3,(H,21,23). The highest BCUT2D eigenvalue weighted by Crippen LogP contribution is 2.26. The minimum absolute atomic E-state index is 0.175. The number of hydrogen-bond donors (Lipinski definition) is 2. The zero-order valence-corrected chi connectivity index (χ0v) is 13.2. The summed E-state index contributed by atoms with van der Waals surface area (Å²) in [5.74, 6) is -0.175. The summed E-state index contributed by atoms with van der Waals surface area (Å²) in [6.07, 6.45) is 7.53. The first kappa shape index (κ1) is 16.7. The lowest BCUT2D eigenvalue weighted by Crippen LogP contribution is -2.27. The molecule has 5 nitrogen and oxygen atoms in total. The van der Waals surface area contributed by atoms with E-state index in [-0.39, 0.29) is 18.7 Å². The number of aldehydes is 1. The van der Waals surface area contributed by atoms with Crippen molar-refractivity contribution in [1.82, 2.24) is 5.32 Å². The number of nitrogens with one attached hydrogen (secondary N) is 2.